The molecule has 0 aliphatic carbocycles. The molecular weight excluding hydrogens is 216 g/mol. The summed E-state index contributed by atoms with van der Waals surface area (Å²) in [5.41, 5.74) is 1.11. The van der Waals surface area contributed by atoms with Crippen molar-refractivity contribution < 1.29 is 9.53 Å². The van der Waals surface area contributed by atoms with Gasteiger partial charge in [0.1, 0.15) is 6.61 Å². The lowest BCUT2D eigenvalue weighted by atomic mass is 10.0. The van der Waals surface area contributed by atoms with Crippen LogP contribution in [0.25, 0.3) is 0 Å². The Kier molecular flexibility index (Phi) is 4.18. The molecule has 1 saturated heterocycles. The van der Waals surface area contributed by atoms with Crippen molar-refractivity contribution in [3.8, 4) is 0 Å². The van der Waals surface area contributed by atoms with E-state index < -0.39 is 0 Å². The lowest BCUT2D eigenvalue weighted by Gasteiger charge is -2.36. The monoisotopic (exact) mass is 238 g/mol. The van der Waals surface area contributed by atoms with Gasteiger partial charge >= 0.3 is 5.97 Å². The highest BCUT2D eigenvalue weighted by Gasteiger charge is 2.23. The summed E-state index contributed by atoms with van der Waals surface area (Å²) in [5.74, 6) is -0.186. The second-order valence-corrected chi connectivity index (χ2v) is 4.99. The quantitative estimate of drug-likeness (QED) is 0.681. The van der Waals surface area contributed by atoms with Crippen molar-refractivity contribution in [2.45, 2.75) is 25.8 Å². The molecule has 0 radical (unpaired) electrons. The molecule has 0 N–H and O–H groups in total. The smallest absolute Gasteiger partial charge is 0.331 e. The van der Waals surface area contributed by atoms with E-state index in [4.69, 9.17) is 4.74 Å². The SMILES string of the molecule is CCN1CCC(N(C)CC2=CC(=O)OC2)CC1. The Morgan fingerprint density at radius 1 is 1.47 bits per heavy atom. The third kappa shape index (κ3) is 3.30. The van der Waals surface area contributed by atoms with Gasteiger partial charge in [-0.25, -0.2) is 4.79 Å². The number of nitrogens with zero attached hydrogens (tertiary/aromatic N) is 2. The normalized spacial score (nSPS) is 23.0. The summed E-state index contributed by atoms with van der Waals surface area (Å²) in [6, 6.07) is 0.648. The number of piperidine rings is 1. The third-order valence-electron chi connectivity index (χ3n) is 3.80. The summed E-state index contributed by atoms with van der Waals surface area (Å²) >= 11 is 0. The first-order valence-corrected chi connectivity index (χ1v) is 6.48. The number of carbonyl (C=O) groups excluding carboxylic acids is 1. The lowest BCUT2D eigenvalue weighted by molar-refractivity contribution is -0.134. The Morgan fingerprint density at radius 3 is 2.71 bits per heavy atom. The van der Waals surface area contributed by atoms with E-state index in [1.54, 1.807) is 6.08 Å². The van der Waals surface area contributed by atoms with Crippen molar-refractivity contribution in [3.63, 3.8) is 0 Å². The molecule has 1 fully saturated rings. The molecule has 2 heterocycles. The van der Waals surface area contributed by atoms with Crippen LogP contribution in [0.3, 0.4) is 0 Å². The molecule has 96 valence electrons. The molecule has 0 aromatic heterocycles. The first-order valence-electron chi connectivity index (χ1n) is 6.48. The van der Waals surface area contributed by atoms with Gasteiger partial charge in [-0.3, -0.25) is 4.90 Å². The minimum atomic E-state index is -0.186. The van der Waals surface area contributed by atoms with Crippen LogP contribution in [0.4, 0.5) is 0 Å². The Hall–Kier alpha value is -0.870. The molecule has 0 aromatic rings. The molecule has 17 heavy (non-hydrogen) atoms. The maximum Gasteiger partial charge on any atom is 0.331 e. The van der Waals surface area contributed by atoms with Crippen LogP contribution in [0.1, 0.15) is 19.8 Å². The molecule has 0 aromatic carbocycles. The van der Waals surface area contributed by atoms with Crippen molar-refractivity contribution in [1.29, 1.82) is 0 Å². The van der Waals surface area contributed by atoms with Gasteiger partial charge in [-0.1, -0.05) is 6.92 Å². The van der Waals surface area contributed by atoms with Crippen LogP contribution >= 0.6 is 0 Å². The predicted octanol–water partition coefficient (Wildman–Crippen LogP) is 0.886. The van der Waals surface area contributed by atoms with E-state index in [1.165, 1.54) is 25.9 Å². The molecule has 4 nitrogen and oxygen atoms in total. The Balaban J connectivity index is 1.79. The molecule has 0 unspecified atom stereocenters. The average Bonchev–Trinajstić information content (AvgIpc) is 2.75. The molecule has 0 bridgehead atoms. The third-order valence-corrected chi connectivity index (χ3v) is 3.80. The second-order valence-electron chi connectivity index (χ2n) is 4.99. The van der Waals surface area contributed by atoms with Gasteiger partial charge in [-0.15, -0.1) is 0 Å². The summed E-state index contributed by atoms with van der Waals surface area (Å²) < 4.78 is 4.92. The zero-order valence-corrected chi connectivity index (χ0v) is 10.8. The molecule has 0 amide bonds. The maximum absolute atomic E-state index is 11.0. The van der Waals surface area contributed by atoms with Crippen LogP contribution in [-0.2, 0) is 9.53 Å². The van der Waals surface area contributed by atoms with Gasteiger partial charge in [0.2, 0.25) is 0 Å². The fourth-order valence-corrected chi connectivity index (χ4v) is 2.63. The fourth-order valence-electron chi connectivity index (χ4n) is 2.63. The molecule has 2 aliphatic heterocycles. The van der Waals surface area contributed by atoms with Gasteiger partial charge in [0.15, 0.2) is 0 Å². The zero-order chi connectivity index (χ0) is 12.3. The summed E-state index contributed by atoms with van der Waals surface area (Å²) in [6.07, 6.45) is 4.09. The van der Waals surface area contributed by atoms with Gasteiger partial charge in [-0.05, 0) is 45.1 Å². The Labute approximate surface area is 103 Å². The molecule has 4 heteroatoms. The van der Waals surface area contributed by atoms with E-state index in [9.17, 15) is 4.79 Å². The van der Waals surface area contributed by atoms with Crippen molar-refractivity contribution in [2.24, 2.45) is 0 Å². The minimum Gasteiger partial charge on any atom is -0.458 e. The van der Waals surface area contributed by atoms with Crippen LogP contribution in [-0.4, -0.2) is 61.6 Å². The summed E-state index contributed by atoms with van der Waals surface area (Å²) in [6.45, 7) is 7.11. The number of hydrogen-bond donors (Lipinski definition) is 0. The average molecular weight is 238 g/mol. The molecule has 2 aliphatic rings. The number of likely N-dealkylation sites (tertiary alicyclic amines) is 1. The van der Waals surface area contributed by atoms with Crippen LogP contribution < -0.4 is 0 Å². The standard InChI is InChI=1S/C13H22N2O2/c1-3-15-6-4-12(5-7-15)14(2)9-11-8-13(16)17-10-11/h8,12H,3-7,9-10H2,1-2H3. The zero-order valence-electron chi connectivity index (χ0n) is 10.8. The van der Waals surface area contributed by atoms with E-state index in [2.05, 4.69) is 23.8 Å². The summed E-state index contributed by atoms with van der Waals surface area (Å²) in [5, 5.41) is 0. The molecule has 0 spiro atoms. The van der Waals surface area contributed by atoms with Gasteiger partial charge < -0.3 is 9.64 Å². The van der Waals surface area contributed by atoms with Crippen molar-refractivity contribution in [3.05, 3.63) is 11.6 Å². The highest BCUT2D eigenvalue weighted by molar-refractivity contribution is 5.85. The molecule has 0 saturated carbocycles. The van der Waals surface area contributed by atoms with E-state index >= 15 is 0 Å². The van der Waals surface area contributed by atoms with Crippen LogP contribution in [0.5, 0.6) is 0 Å². The van der Waals surface area contributed by atoms with Gasteiger partial charge in [0, 0.05) is 18.7 Å². The number of rotatable bonds is 4. The fraction of sp³-hybridized carbons (Fsp3) is 0.769. The highest BCUT2D eigenvalue weighted by atomic mass is 16.5. The lowest BCUT2D eigenvalue weighted by Crippen LogP contribution is -2.43. The van der Waals surface area contributed by atoms with Crippen LogP contribution in [0, 0.1) is 0 Å². The Morgan fingerprint density at radius 2 is 2.18 bits per heavy atom. The molecule has 2 rings (SSSR count). The predicted molar refractivity (Wildman–Crippen MR) is 66.8 cm³/mol. The van der Waals surface area contributed by atoms with Crippen molar-refractivity contribution in [1.82, 2.24) is 9.80 Å². The highest BCUT2D eigenvalue weighted by Crippen LogP contribution is 2.17. The summed E-state index contributed by atoms with van der Waals surface area (Å²) in [7, 11) is 2.15. The first-order chi connectivity index (χ1) is 8.19. The number of esters is 1. The van der Waals surface area contributed by atoms with Crippen LogP contribution in [0.2, 0.25) is 0 Å². The number of ether oxygens (including phenoxy) is 1. The van der Waals surface area contributed by atoms with Gasteiger partial charge in [-0.2, -0.15) is 0 Å². The van der Waals surface area contributed by atoms with E-state index in [1.807, 2.05) is 0 Å². The van der Waals surface area contributed by atoms with Crippen molar-refractivity contribution >= 4 is 5.97 Å². The maximum atomic E-state index is 11.0. The van der Waals surface area contributed by atoms with Gasteiger partial charge in [0.05, 0.1) is 0 Å². The number of likely N-dealkylation sites (N-methyl/N-ethyl adjacent to an activating group) is 1. The van der Waals surface area contributed by atoms with E-state index in [0.29, 0.717) is 12.6 Å². The van der Waals surface area contributed by atoms with Crippen molar-refractivity contribution in [2.75, 3.05) is 39.8 Å². The Bertz CT molecular complexity index is 307. The number of hydrogen-bond acceptors (Lipinski definition) is 4. The summed E-state index contributed by atoms with van der Waals surface area (Å²) in [4.78, 5) is 15.8. The second kappa shape index (κ2) is 5.65. The molecule has 0 atom stereocenters. The largest absolute Gasteiger partial charge is 0.458 e. The minimum absolute atomic E-state index is 0.186. The van der Waals surface area contributed by atoms with E-state index in [-0.39, 0.29) is 5.97 Å². The molecular formula is C13H22N2O2. The van der Waals surface area contributed by atoms with Gasteiger partial charge in [0.25, 0.3) is 0 Å². The van der Waals surface area contributed by atoms with Crippen LogP contribution in [0.15, 0.2) is 11.6 Å². The van der Waals surface area contributed by atoms with E-state index in [0.717, 1.165) is 18.7 Å². The topological polar surface area (TPSA) is 32.8 Å². The number of carbonyl (C=O) groups is 1. The number of cyclic esters (lactones) is 1. The first kappa shape index (κ1) is 12.6.